The lowest BCUT2D eigenvalue weighted by Crippen LogP contribution is -2.35. The molecule has 0 saturated heterocycles. The lowest BCUT2D eigenvalue weighted by molar-refractivity contribution is -0.136. The highest BCUT2D eigenvalue weighted by molar-refractivity contribution is 5.70. The van der Waals surface area contributed by atoms with Crippen LogP contribution in [0, 0.1) is 5.92 Å². The number of carbonyl (C=O) groups is 1. The monoisotopic (exact) mass is 291 g/mol. The van der Waals surface area contributed by atoms with Gasteiger partial charge in [0, 0.05) is 13.1 Å². The van der Waals surface area contributed by atoms with Crippen LogP contribution < -0.4 is 4.74 Å². The third-order valence-electron chi connectivity index (χ3n) is 4.14. The predicted octanol–water partition coefficient (Wildman–Crippen LogP) is 2.81. The first-order valence-electron chi connectivity index (χ1n) is 7.83. The van der Waals surface area contributed by atoms with Crippen LogP contribution in [0.25, 0.3) is 0 Å². The van der Waals surface area contributed by atoms with E-state index in [0.29, 0.717) is 6.61 Å². The molecule has 0 amide bonds. The summed E-state index contributed by atoms with van der Waals surface area (Å²) in [7, 11) is 0. The molecule has 1 aliphatic rings. The van der Waals surface area contributed by atoms with Crippen molar-refractivity contribution in [1.29, 1.82) is 0 Å². The predicted molar refractivity (Wildman–Crippen MR) is 82.7 cm³/mol. The zero-order chi connectivity index (χ0) is 15.1. The van der Waals surface area contributed by atoms with Gasteiger partial charge in [0.15, 0.2) is 0 Å². The summed E-state index contributed by atoms with van der Waals surface area (Å²) in [6.45, 7) is 6.08. The average Bonchev–Trinajstić information content (AvgIpc) is 2.42. The van der Waals surface area contributed by atoms with Crippen LogP contribution in [-0.4, -0.2) is 42.2 Å². The fraction of sp³-hybridized carbons (Fsp3) is 0.588. The second-order valence-electron chi connectivity index (χ2n) is 5.75. The number of carboxylic acid groups (broad SMARTS) is 1. The van der Waals surface area contributed by atoms with E-state index in [0.717, 1.165) is 30.3 Å². The van der Waals surface area contributed by atoms with Gasteiger partial charge in [-0.15, -0.1) is 0 Å². The molecule has 0 unspecified atom stereocenters. The van der Waals surface area contributed by atoms with Gasteiger partial charge in [0.05, 0.1) is 6.42 Å². The van der Waals surface area contributed by atoms with Gasteiger partial charge in [-0.2, -0.15) is 0 Å². The van der Waals surface area contributed by atoms with E-state index in [-0.39, 0.29) is 6.42 Å². The van der Waals surface area contributed by atoms with E-state index in [9.17, 15) is 4.79 Å². The molecule has 0 spiro atoms. The Hall–Kier alpha value is -1.55. The van der Waals surface area contributed by atoms with E-state index in [1.807, 2.05) is 24.3 Å². The van der Waals surface area contributed by atoms with Gasteiger partial charge in [-0.3, -0.25) is 9.69 Å². The van der Waals surface area contributed by atoms with Gasteiger partial charge in [-0.1, -0.05) is 25.5 Å². The van der Waals surface area contributed by atoms with Crippen molar-refractivity contribution < 1.29 is 14.6 Å². The van der Waals surface area contributed by atoms with Gasteiger partial charge in [-0.05, 0) is 43.0 Å². The second-order valence-corrected chi connectivity index (χ2v) is 5.75. The van der Waals surface area contributed by atoms with Crippen molar-refractivity contribution in [3.05, 3.63) is 29.8 Å². The Kier molecular flexibility index (Phi) is 6.05. The molecule has 1 aromatic carbocycles. The molecule has 1 saturated carbocycles. The van der Waals surface area contributed by atoms with Crippen molar-refractivity contribution in [3.63, 3.8) is 0 Å². The molecule has 0 aliphatic heterocycles. The van der Waals surface area contributed by atoms with Crippen molar-refractivity contribution >= 4 is 5.97 Å². The summed E-state index contributed by atoms with van der Waals surface area (Å²) < 4.78 is 5.74. The number of aliphatic carboxylic acids is 1. The fourth-order valence-electron chi connectivity index (χ4n) is 2.59. The van der Waals surface area contributed by atoms with Gasteiger partial charge in [0.1, 0.15) is 12.4 Å². The van der Waals surface area contributed by atoms with Crippen LogP contribution >= 0.6 is 0 Å². The van der Waals surface area contributed by atoms with E-state index >= 15 is 0 Å². The van der Waals surface area contributed by atoms with Crippen molar-refractivity contribution in [2.45, 2.75) is 32.6 Å². The Morgan fingerprint density at radius 3 is 2.57 bits per heavy atom. The Labute approximate surface area is 126 Å². The second kappa shape index (κ2) is 8.03. The number of benzene rings is 1. The van der Waals surface area contributed by atoms with Crippen LogP contribution in [0.1, 0.15) is 31.7 Å². The number of likely N-dealkylation sites (N-methyl/N-ethyl adjacent to an activating group) is 1. The molecule has 1 aromatic rings. The Morgan fingerprint density at radius 2 is 2.05 bits per heavy atom. The van der Waals surface area contributed by atoms with E-state index in [1.54, 1.807) is 0 Å². The molecular weight excluding hydrogens is 266 g/mol. The van der Waals surface area contributed by atoms with E-state index in [2.05, 4.69) is 11.8 Å². The number of nitrogens with zero attached hydrogens (tertiary/aromatic N) is 1. The highest BCUT2D eigenvalue weighted by Gasteiger charge is 2.19. The van der Waals surface area contributed by atoms with Crippen LogP contribution in [0.2, 0.25) is 0 Å². The smallest absolute Gasteiger partial charge is 0.307 e. The molecule has 116 valence electrons. The lowest BCUT2D eigenvalue weighted by atomic mass is 9.85. The fourth-order valence-corrected chi connectivity index (χ4v) is 2.59. The van der Waals surface area contributed by atoms with Crippen LogP contribution in [0.3, 0.4) is 0 Å². The van der Waals surface area contributed by atoms with Crippen LogP contribution in [-0.2, 0) is 11.2 Å². The summed E-state index contributed by atoms with van der Waals surface area (Å²) in [4.78, 5) is 13.1. The highest BCUT2D eigenvalue weighted by Crippen LogP contribution is 2.26. The minimum atomic E-state index is -0.807. The standard InChI is InChI=1S/C17H25NO3/c1-2-18(13-15-4-3-5-15)10-11-21-16-8-6-14(7-9-16)12-17(19)20/h6-9,15H,2-5,10-13H2,1H3,(H,19,20). The zero-order valence-electron chi connectivity index (χ0n) is 12.8. The highest BCUT2D eigenvalue weighted by atomic mass is 16.5. The molecule has 0 radical (unpaired) electrons. The molecule has 0 aromatic heterocycles. The maximum atomic E-state index is 10.6. The number of ether oxygens (including phenoxy) is 1. The summed E-state index contributed by atoms with van der Waals surface area (Å²) in [5.74, 6) is 0.891. The average molecular weight is 291 g/mol. The van der Waals surface area contributed by atoms with Crippen LogP contribution in [0.4, 0.5) is 0 Å². The van der Waals surface area contributed by atoms with E-state index in [1.165, 1.54) is 25.8 Å². The normalized spacial score (nSPS) is 15.0. The topological polar surface area (TPSA) is 49.8 Å². The van der Waals surface area contributed by atoms with Gasteiger partial charge in [0.2, 0.25) is 0 Å². The van der Waals surface area contributed by atoms with Crippen molar-refractivity contribution in [1.82, 2.24) is 4.90 Å². The number of rotatable bonds is 9. The first kappa shape index (κ1) is 15.8. The van der Waals surface area contributed by atoms with Crippen molar-refractivity contribution in [2.24, 2.45) is 5.92 Å². The van der Waals surface area contributed by atoms with Crippen molar-refractivity contribution in [2.75, 3.05) is 26.2 Å². The van der Waals surface area contributed by atoms with Gasteiger partial charge < -0.3 is 9.84 Å². The minimum Gasteiger partial charge on any atom is -0.492 e. The molecule has 0 heterocycles. The van der Waals surface area contributed by atoms with Gasteiger partial charge >= 0.3 is 5.97 Å². The van der Waals surface area contributed by atoms with Gasteiger partial charge in [-0.25, -0.2) is 0 Å². The molecule has 1 aliphatic carbocycles. The summed E-state index contributed by atoms with van der Waals surface area (Å²) >= 11 is 0. The molecule has 1 N–H and O–H groups in total. The van der Waals surface area contributed by atoms with Crippen molar-refractivity contribution in [3.8, 4) is 5.75 Å². The quantitative estimate of drug-likeness (QED) is 0.760. The van der Waals surface area contributed by atoms with Gasteiger partial charge in [0.25, 0.3) is 0 Å². The molecule has 0 bridgehead atoms. The molecule has 4 nitrogen and oxygen atoms in total. The van der Waals surface area contributed by atoms with Crippen LogP contribution in [0.5, 0.6) is 5.75 Å². The zero-order valence-corrected chi connectivity index (χ0v) is 12.8. The first-order chi connectivity index (χ1) is 10.2. The molecular formula is C17H25NO3. The Bertz CT molecular complexity index is 440. The minimum absolute atomic E-state index is 0.0608. The number of hydrogen-bond acceptors (Lipinski definition) is 3. The summed E-state index contributed by atoms with van der Waals surface area (Å²) in [6, 6.07) is 7.33. The largest absolute Gasteiger partial charge is 0.492 e. The third-order valence-corrected chi connectivity index (χ3v) is 4.14. The molecule has 4 heteroatoms. The summed E-state index contributed by atoms with van der Waals surface area (Å²) in [5.41, 5.74) is 0.801. The lowest BCUT2D eigenvalue weighted by Gasteiger charge is -2.31. The van der Waals surface area contributed by atoms with E-state index in [4.69, 9.17) is 9.84 Å². The maximum Gasteiger partial charge on any atom is 0.307 e. The molecule has 1 fully saturated rings. The summed E-state index contributed by atoms with van der Waals surface area (Å²) in [5, 5.41) is 8.73. The summed E-state index contributed by atoms with van der Waals surface area (Å²) in [6.07, 6.45) is 4.21. The molecule has 0 atom stereocenters. The van der Waals surface area contributed by atoms with Crippen LogP contribution in [0.15, 0.2) is 24.3 Å². The molecule has 21 heavy (non-hydrogen) atoms. The Morgan fingerprint density at radius 1 is 1.33 bits per heavy atom. The number of carboxylic acids is 1. The van der Waals surface area contributed by atoms with E-state index < -0.39 is 5.97 Å². The Balaban J connectivity index is 1.70. The SMILES string of the molecule is CCN(CCOc1ccc(CC(=O)O)cc1)CC1CCC1. The maximum absolute atomic E-state index is 10.6. The molecule has 2 rings (SSSR count). The third kappa shape index (κ3) is 5.38. The first-order valence-corrected chi connectivity index (χ1v) is 7.83. The number of hydrogen-bond donors (Lipinski definition) is 1.